The summed E-state index contributed by atoms with van der Waals surface area (Å²) in [5.74, 6) is 1.45. The lowest BCUT2D eigenvalue weighted by Crippen LogP contribution is -2.42. The van der Waals surface area contributed by atoms with Crippen LogP contribution in [0.4, 0.5) is 10.6 Å². The third-order valence-corrected chi connectivity index (χ3v) is 8.58. The Morgan fingerprint density at radius 2 is 1.88 bits per heavy atom. The first-order chi connectivity index (χ1) is 14.9. The Balaban J connectivity index is 1.46. The van der Waals surface area contributed by atoms with Crippen LogP contribution in [0.1, 0.15) is 39.2 Å². The van der Waals surface area contributed by atoms with Crippen LogP contribution in [-0.4, -0.2) is 62.0 Å². The van der Waals surface area contributed by atoms with Crippen molar-refractivity contribution in [3.05, 3.63) is 23.9 Å². The van der Waals surface area contributed by atoms with Crippen LogP contribution in [0.5, 0.6) is 0 Å². The van der Waals surface area contributed by atoms with E-state index in [1.807, 2.05) is 31.7 Å². The molecule has 2 amide bonds. The molecule has 7 nitrogen and oxygen atoms in total. The number of nitrogens with zero attached hydrogens (tertiary/aromatic N) is 3. The quantitative estimate of drug-likeness (QED) is 0.486. The summed E-state index contributed by atoms with van der Waals surface area (Å²) in [4.78, 5) is 34.4. The van der Waals surface area contributed by atoms with Gasteiger partial charge >= 0.3 is 6.09 Å². The number of aromatic nitrogens is 1. The number of hydrogen-bond acceptors (Lipinski definition) is 5. The van der Waals surface area contributed by atoms with E-state index in [-0.39, 0.29) is 18.7 Å². The highest BCUT2D eigenvalue weighted by atomic mass is 28.3. The van der Waals surface area contributed by atoms with Crippen molar-refractivity contribution < 1.29 is 19.1 Å². The molecule has 0 N–H and O–H groups in total. The number of fused-ring (bicyclic) bond motifs is 3. The molecule has 1 saturated carbocycles. The molecule has 1 aromatic rings. The summed E-state index contributed by atoms with van der Waals surface area (Å²) in [6, 6.07) is 5.04. The van der Waals surface area contributed by atoms with Gasteiger partial charge in [0.15, 0.2) is 0 Å². The van der Waals surface area contributed by atoms with Gasteiger partial charge < -0.3 is 14.4 Å². The molecule has 3 aliphatic rings. The van der Waals surface area contributed by atoms with Crippen LogP contribution in [0.15, 0.2) is 18.3 Å². The Hall–Kier alpha value is -1.93. The molecular formula is C24H37N3O4Si. The number of amides is 2. The standard InChI is InChI=1S/C24H37N3O4Si/c1-23(2,3)31-22(29)26-14-17-12-24(13-18(17)15-26)19-8-7-9-25-20(19)27(21(24)28)16-30-10-11-32(4,5)6/h7-9,17-18H,10-16H2,1-6H3/t17-,18+,24?. The lowest BCUT2D eigenvalue weighted by molar-refractivity contribution is -0.124. The predicted molar refractivity (Wildman–Crippen MR) is 126 cm³/mol. The maximum absolute atomic E-state index is 13.7. The average Bonchev–Trinajstić information content (AvgIpc) is 3.28. The molecule has 1 saturated heterocycles. The van der Waals surface area contributed by atoms with Crippen molar-refractivity contribution in [3.8, 4) is 0 Å². The van der Waals surface area contributed by atoms with Gasteiger partial charge in [-0.3, -0.25) is 9.69 Å². The topological polar surface area (TPSA) is 72.0 Å². The number of likely N-dealkylation sites (tertiary alicyclic amines) is 1. The fraction of sp³-hybridized carbons (Fsp3) is 0.708. The highest BCUT2D eigenvalue weighted by molar-refractivity contribution is 6.76. The number of ether oxygens (including phenoxy) is 2. The molecule has 8 heteroatoms. The molecule has 1 spiro atoms. The van der Waals surface area contributed by atoms with E-state index in [4.69, 9.17) is 9.47 Å². The second-order valence-electron chi connectivity index (χ2n) is 11.9. The molecular weight excluding hydrogens is 422 g/mol. The lowest BCUT2D eigenvalue weighted by atomic mass is 9.79. The monoisotopic (exact) mass is 459 g/mol. The molecule has 1 aliphatic carbocycles. The summed E-state index contributed by atoms with van der Waals surface area (Å²) in [5.41, 5.74) is -0.0175. The predicted octanol–water partition coefficient (Wildman–Crippen LogP) is 4.26. The SMILES string of the molecule is CC(C)(C)OC(=O)N1C[C@@H]2CC3(C[C@@H]2C1)C(=O)N(COCC[Si](C)(C)C)c1ncccc13. The van der Waals surface area contributed by atoms with Gasteiger partial charge in [0.1, 0.15) is 18.1 Å². The maximum Gasteiger partial charge on any atom is 0.410 e. The molecule has 176 valence electrons. The molecule has 0 radical (unpaired) electrons. The van der Waals surface area contributed by atoms with E-state index in [0.717, 1.165) is 30.3 Å². The molecule has 0 bridgehead atoms. The fourth-order valence-electron chi connectivity index (χ4n) is 5.36. The van der Waals surface area contributed by atoms with Gasteiger partial charge in [0, 0.05) is 39.5 Å². The summed E-state index contributed by atoms with van der Waals surface area (Å²) >= 11 is 0. The maximum atomic E-state index is 13.7. The van der Waals surface area contributed by atoms with Crippen LogP contribution in [0.3, 0.4) is 0 Å². The summed E-state index contributed by atoms with van der Waals surface area (Å²) in [5, 5.41) is 0. The van der Waals surface area contributed by atoms with E-state index in [1.54, 1.807) is 11.1 Å². The second kappa shape index (κ2) is 8.13. The molecule has 3 heterocycles. The molecule has 2 fully saturated rings. The van der Waals surface area contributed by atoms with Crippen molar-refractivity contribution in [2.45, 2.75) is 70.3 Å². The zero-order chi connectivity index (χ0) is 23.3. The number of rotatable bonds is 5. The van der Waals surface area contributed by atoms with Gasteiger partial charge in [-0.1, -0.05) is 25.7 Å². The fourth-order valence-corrected chi connectivity index (χ4v) is 6.12. The third-order valence-electron chi connectivity index (χ3n) is 6.88. The normalized spacial score (nSPS) is 27.2. The average molecular weight is 460 g/mol. The van der Waals surface area contributed by atoms with Crippen LogP contribution in [0.25, 0.3) is 0 Å². The minimum absolute atomic E-state index is 0.109. The van der Waals surface area contributed by atoms with E-state index in [9.17, 15) is 9.59 Å². The van der Waals surface area contributed by atoms with Crippen LogP contribution >= 0.6 is 0 Å². The molecule has 2 aliphatic heterocycles. The van der Waals surface area contributed by atoms with Crippen LogP contribution in [-0.2, 0) is 19.7 Å². The third kappa shape index (κ3) is 4.44. The Kier molecular flexibility index (Phi) is 5.90. The van der Waals surface area contributed by atoms with Crippen molar-refractivity contribution in [1.29, 1.82) is 0 Å². The van der Waals surface area contributed by atoms with Crippen molar-refractivity contribution in [2.24, 2.45) is 11.8 Å². The van der Waals surface area contributed by atoms with E-state index < -0.39 is 19.1 Å². The van der Waals surface area contributed by atoms with Crippen molar-refractivity contribution in [2.75, 3.05) is 31.3 Å². The van der Waals surface area contributed by atoms with Crippen molar-refractivity contribution >= 4 is 25.9 Å². The lowest BCUT2D eigenvalue weighted by Gasteiger charge is -2.28. The van der Waals surface area contributed by atoms with Gasteiger partial charge in [-0.05, 0) is 57.6 Å². The highest BCUT2D eigenvalue weighted by Gasteiger charge is 2.60. The number of anilines is 1. The molecule has 0 aromatic carbocycles. The smallest absolute Gasteiger partial charge is 0.410 e. The Morgan fingerprint density at radius 1 is 1.22 bits per heavy atom. The Labute approximate surface area is 192 Å². The molecule has 3 atom stereocenters. The van der Waals surface area contributed by atoms with Crippen molar-refractivity contribution in [3.63, 3.8) is 0 Å². The number of carbonyl (C=O) groups excluding carboxylic acids is 2. The summed E-state index contributed by atoms with van der Waals surface area (Å²) in [6.45, 7) is 14.9. The zero-order valence-electron chi connectivity index (χ0n) is 20.3. The Bertz CT molecular complexity index is 878. The largest absolute Gasteiger partial charge is 0.444 e. The number of pyridine rings is 1. The van der Waals surface area contributed by atoms with E-state index in [0.29, 0.717) is 31.5 Å². The molecule has 1 unspecified atom stereocenters. The zero-order valence-corrected chi connectivity index (χ0v) is 21.3. The second-order valence-corrected chi connectivity index (χ2v) is 17.5. The van der Waals surface area contributed by atoms with Gasteiger partial charge in [-0.25, -0.2) is 9.78 Å². The minimum atomic E-state index is -1.19. The number of hydrogen-bond donors (Lipinski definition) is 0. The molecule has 32 heavy (non-hydrogen) atoms. The first kappa shape index (κ1) is 23.2. The molecule has 4 rings (SSSR count). The van der Waals surface area contributed by atoms with E-state index in [2.05, 4.69) is 30.7 Å². The van der Waals surface area contributed by atoms with E-state index in [1.165, 1.54) is 0 Å². The van der Waals surface area contributed by atoms with Crippen LogP contribution in [0, 0.1) is 11.8 Å². The van der Waals surface area contributed by atoms with Gasteiger partial charge in [0.25, 0.3) is 0 Å². The minimum Gasteiger partial charge on any atom is -0.444 e. The van der Waals surface area contributed by atoms with Gasteiger partial charge in [0.05, 0.1) is 5.41 Å². The van der Waals surface area contributed by atoms with Gasteiger partial charge in [-0.2, -0.15) is 0 Å². The molecule has 1 aromatic heterocycles. The Morgan fingerprint density at radius 3 is 2.47 bits per heavy atom. The van der Waals surface area contributed by atoms with Crippen LogP contribution in [0.2, 0.25) is 25.7 Å². The number of carbonyl (C=O) groups is 2. The summed E-state index contributed by atoms with van der Waals surface area (Å²) in [6.07, 6.45) is 3.00. The van der Waals surface area contributed by atoms with Crippen molar-refractivity contribution in [1.82, 2.24) is 9.88 Å². The summed E-state index contributed by atoms with van der Waals surface area (Å²) < 4.78 is 11.5. The van der Waals surface area contributed by atoms with Gasteiger partial charge in [0.2, 0.25) is 5.91 Å². The first-order valence-electron chi connectivity index (χ1n) is 11.7. The van der Waals surface area contributed by atoms with Gasteiger partial charge in [-0.15, -0.1) is 0 Å². The first-order valence-corrected chi connectivity index (χ1v) is 15.4. The highest BCUT2D eigenvalue weighted by Crippen LogP contribution is 2.56. The van der Waals surface area contributed by atoms with Crippen LogP contribution < -0.4 is 4.90 Å². The summed E-state index contributed by atoms with van der Waals surface area (Å²) in [7, 11) is -1.19. The van der Waals surface area contributed by atoms with E-state index >= 15 is 0 Å².